The molecule has 0 aliphatic heterocycles. The summed E-state index contributed by atoms with van der Waals surface area (Å²) in [6.07, 6.45) is 56.8. The van der Waals surface area contributed by atoms with Crippen LogP contribution in [-0.4, -0.2) is 73.4 Å². The number of hydrogen-bond acceptors (Lipinski definition) is 5. The topological polar surface area (TPSA) is 105 Å². The molecule has 8 nitrogen and oxygen atoms in total. The van der Waals surface area contributed by atoms with Crippen molar-refractivity contribution in [3.05, 3.63) is 36.5 Å². The van der Waals surface area contributed by atoms with Crippen molar-refractivity contribution in [2.45, 2.75) is 257 Å². The first kappa shape index (κ1) is 60.7. The van der Waals surface area contributed by atoms with E-state index < -0.39 is 20.0 Å². The summed E-state index contributed by atoms with van der Waals surface area (Å²) < 4.78 is 23.5. The number of carbonyl (C=O) groups excluding carboxylic acids is 1. The van der Waals surface area contributed by atoms with Crippen molar-refractivity contribution in [2.75, 3.05) is 40.9 Å². The Morgan fingerprint density at radius 2 is 0.919 bits per heavy atom. The summed E-state index contributed by atoms with van der Waals surface area (Å²) in [5, 5.41) is 13.8. The molecule has 0 heterocycles. The van der Waals surface area contributed by atoms with Gasteiger partial charge in [-0.2, -0.15) is 0 Å². The lowest BCUT2D eigenvalue weighted by Crippen LogP contribution is -2.45. The van der Waals surface area contributed by atoms with E-state index in [1.54, 1.807) is 6.08 Å². The van der Waals surface area contributed by atoms with Gasteiger partial charge < -0.3 is 19.8 Å². The molecule has 9 heteroatoms. The highest BCUT2D eigenvalue weighted by atomic mass is 31.2. The van der Waals surface area contributed by atoms with Crippen LogP contribution in [0.4, 0.5) is 0 Å². The minimum Gasteiger partial charge on any atom is -0.387 e. The number of rotatable bonds is 48. The fraction of sp³-hybridized carbons (Fsp3) is 0.868. The number of nitrogens with one attached hydrogen (secondary N) is 1. The minimum absolute atomic E-state index is 0.0624. The van der Waals surface area contributed by atoms with Gasteiger partial charge in [0.2, 0.25) is 5.91 Å². The van der Waals surface area contributed by atoms with E-state index >= 15 is 0 Å². The van der Waals surface area contributed by atoms with E-state index in [4.69, 9.17) is 9.05 Å². The van der Waals surface area contributed by atoms with Gasteiger partial charge in [0, 0.05) is 6.42 Å². The lowest BCUT2D eigenvalue weighted by atomic mass is 10.0. The Kier molecular flexibility index (Phi) is 44.0. The number of allylic oxidation sites excluding steroid dienone is 5. The second-order valence-electron chi connectivity index (χ2n) is 19.3. The van der Waals surface area contributed by atoms with Crippen molar-refractivity contribution in [3.8, 4) is 0 Å². The molecular formula is C53H104N2O6P+. The van der Waals surface area contributed by atoms with Gasteiger partial charge in [-0.15, -0.1) is 0 Å². The highest BCUT2D eigenvalue weighted by Crippen LogP contribution is 2.43. The molecule has 0 aliphatic rings. The number of unbranched alkanes of at least 4 members (excludes halogenated alkanes) is 31. The van der Waals surface area contributed by atoms with Crippen LogP contribution in [0.2, 0.25) is 0 Å². The summed E-state index contributed by atoms with van der Waals surface area (Å²) in [5.74, 6) is -0.177. The van der Waals surface area contributed by atoms with Crippen LogP contribution in [-0.2, 0) is 18.4 Å². The largest absolute Gasteiger partial charge is 0.472 e. The monoisotopic (exact) mass is 896 g/mol. The molecule has 0 aromatic heterocycles. The number of aliphatic hydroxyl groups is 1. The van der Waals surface area contributed by atoms with Gasteiger partial charge in [0.25, 0.3) is 0 Å². The van der Waals surface area contributed by atoms with Gasteiger partial charge in [0.1, 0.15) is 13.2 Å². The van der Waals surface area contributed by atoms with E-state index in [-0.39, 0.29) is 19.1 Å². The summed E-state index contributed by atoms with van der Waals surface area (Å²) in [6, 6.07) is -0.842. The van der Waals surface area contributed by atoms with Crippen LogP contribution in [0, 0.1) is 0 Å². The van der Waals surface area contributed by atoms with Crippen LogP contribution in [0.5, 0.6) is 0 Å². The van der Waals surface area contributed by atoms with Crippen molar-refractivity contribution >= 4 is 13.7 Å². The smallest absolute Gasteiger partial charge is 0.387 e. The van der Waals surface area contributed by atoms with E-state index in [0.29, 0.717) is 17.4 Å². The van der Waals surface area contributed by atoms with Gasteiger partial charge in [-0.3, -0.25) is 13.8 Å². The third-order valence-electron chi connectivity index (χ3n) is 11.9. The Hall–Kier alpha value is -1.28. The highest BCUT2D eigenvalue weighted by molar-refractivity contribution is 7.47. The quantitative estimate of drug-likeness (QED) is 0.0243. The lowest BCUT2D eigenvalue weighted by Gasteiger charge is -2.25. The molecule has 0 aliphatic carbocycles. The average Bonchev–Trinajstić information content (AvgIpc) is 3.23. The number of likely N-dealkylation sites (N-methyl/N-ethyl adjacent to an activating group) is 1. The number of phosphoric ester groups is 1. The molecule has 3 atom stereocenters. The van der Waals surface area contributed by atoms with Crippen LogP contribution in [0.3, 0.4) is 0 Å². The molecule has 0 rings (SSSR count). The van der Waals surface area contributed by atoms with E-state index in [0.717, 1.165) is 44.9 Å². The maximum Gasteiger partial charge on any atom is 0.472 e. The Labute approximate surface area is 385 Å². The molecule has 0 aromatic rings. The molecule has 1 amide bonds. The first-order valence-corrected chi connectivity index (χ1v) is 27.9. The van der Waals surface area contributed by atoms with Crippen molar-refractivity contribution in [3.63, 3.8) is 0 Å². The van der Waals surface area contributed by atoms with Crippen LogP contribution in [0.25, 0.3) is 0 Å². The molecule has 62 heavy (non-hydrogen) atoms. The molecule has 0 spiro atoms. The van der Waals surface area contributed by atoms with Gasteiger partial charge in [0.05, 0.1) is 39.9 Å². The van der Waals surface area contributed by atoms with E-state index in [2.05, 4.69) is 43.5 Å². The predicted octanol–water partition coefficient (Wildman–Crippen LogP) is 15.4. The van der Waals surface area contributed by atoms with Crippen molar-refractivity contribution in [2.24, 2.45) is 0 Å². The predicted molar refractivity (Wildman–Crippen MR) is 268 cm³/mol. The van der Waals surface area contributed by atoms with Gasteiger partial charge in [-0.1, -0.05) is 224 Å². The summed E-state index contributed by atoms with van der Waals surface area (Å²) in [5.41, 5.74) is 0. The molecule has 3 N–H and O–H groups in total. The normalized spacial score (nSPS) is 14.4. The molecule has 366 valence electrons. The molecule has 0 aromatic carbocycles. The zero-order valence-electron chi connectivity index (χ0n) is 41.6. The number of hydrogen-bond donors (Lipinski definition) is 3. The Bertz CT molecular complexity index is 1110. The zero-order chi connectivity index (χ0) is 45.7. The fourth-order valence-electron chi connectivity index (χ4n) is 7.66. The van der Waals surface area contributed by atoms with Gasteiger partial charge in [0.15, 0.2) is 0 Å². The van der Waals surface area contributed by atoms with Gasteiger partial charge in [-0.05, 0) is 51.4 Å². The van der Waals surface area contributed by atoms with Crippen molar-refractivity contribution in [1.29, 1.82) is 0 Å². The first-order chi connectivity index (χ1) is 30.0. The van der Waals surface area contributed by atoms with E-state index in [1.807, 2.05) is 27.2 Å². The summed E-state index contributed by atoms with van der Waals surface area (Å²) in [4.78, 5) is 23.1. The van der Waals surface area contributed by atoms with E-state index in [9.17, 15) is 19.4 Å². The third-order valence-corrected chi connectivity index (χ3v) is 12.8. The van der Waals surface area contributed by atoms with Crippen LogP contribution in [0.1, 0.15) is 245 Å². The Balaban J connectivity index is 3.96. The molecule has 0 saturated carbocycles. The highest BCUT2D eigenvalue weighted by Gasteiger charge is 2.27. The van der Waals surface area contributed by atoms with Crippen LogP contribution in [0.15, 0.2) is 36.5 Å². The number of carbonyl (C=O) groups is 1. The van der Waals surface area contributed by atoms with Crippen LogP contribution >= 0.6 is 7.82 Å². The number of amides is 1. The van der Waals surface area contributed by atoms with Crippen LogP contribution < -0.4 is 5.32 Å². The average molecular weight is 896 g/mol. The fourth-order valence-corrected chi connectivity index (χ4v) is 8.40. The van der Waals surface area contributed by atoms with Gasteiger partial charge in [-0.25, -0.2) is 4.57 Å². The number of quaternary nitrogens is 1. The molecule has 0 radical (unpaired) electrons. The maximum absolute atomic E-state index is 12.9. The molecular weight excluding hydrogens is 792 g/mol. The number of aliphatic hydroxyl groups excluding tert-OH is 1. The molecule has 3 unspecified atom stereocenters. The minimum atomic E-state index is -4.33. The molecule has 0 fully saturated rings. The van der Waals surface area contributed by atoms with Crippen molar-refractivity contribution < 1.29 is 32.9 Å². The third kappa shape index (κ3) is 46.7. The number of nitrogens with zero attached hydrogens (tertiary/aromatic N) is 1. The van der Waals surface area contributed by atoms with Crippen molar-refractivity contribution in [1.82, 2.24) is 5.32 Å². The molecule has 0 saturated heterocycles. The first-order valence-electron chi connectivity index (χ1n) is 26.4. The lowest BCUT2D eigenvalue weighted by molar-refractivity contribution is -0.870. The van der Waals surface area contributed by atoms with E-state index in [1.165, 1.54) is 180 Å². The SMILES string of the molecule is CCCCCCC/C=C\C/C=C\CCCCCCCCCCCCCCCCCCCCCC(=O)NC(COP(=O)(O)OCC[N+](C)(C)C)C(O)/C=C/CCCCCCCCC. The zero-order valence-corrected chi connectivity index (χ0v) is 42.5. The summed E-state index contributed by atoms with van der Waals surface area (Å²) >= 11 is 0. The molecule has 0 bridgehead atoms. The Morgan fingerprint density at radius 1 is 0.548 bits per heavy atom. The standard InChI is InChI=1S/C53H103N2O6P/c1-6-8-10-12-14-16-17-18-19-20-21-22-23-24-25-26-27-28-29-30-31-32-33-34-35-36-37-39-41-43-45-47-53(57)54-51(50-61-62(58,59)60-49-48-55(3,4)5)52(56)46-44-42-40-38-15-13-11-9-7-2/h17-18,20-21,44,46,51-52,56H,6-16,19,22-43,45,47-50H2,1-5H3,(H-,54,57,58,59)/p+1/b18-17-,21-20-,46-44+. The Morgan fingerprint density at radius 3 is 1.32 bits per heavy atom. The maximum atomic E-state index is 12.9. The second kappa shape index (κ2) is 44.9. The second-order valence-corrected chi connectivity index (χ2v) is 20.7. The van der Waals surface area contributed by atoms with Gasteiger partial charge >= 0.3 is 7.82 Å². The summed E-state index contributed by atoms with van der Waals surface area (Å²) in [7, 11) is 1.58. The summed E-state index contributed by atoms with van der Waals surface area (Å²) in [6.45, 7) is 4.78. The number of phosphoric acid groups is 1.